The van der Waals surface area contributed by atoms with Crippen molar-refractivity contribution in [3.63, 3.8) is 0 Å². The number of nitrogens with one attached hydrogen (secondary N) is 2. The van der Waals surface area contributed by atoms with Gasteiger partial charge in [0.2, 0.25) is 0 Å². The van der Waals surface area contributed by atoms with E-state index >= 15 is 0 Å². The maximum atomic E-state index is 12.6. The second kappa shape index (κ2) is 6.44. The number of carbonyl (C=O) groups is 1. The van der Waals surface area contributed by atoms with Crippen LogP contribution < -0.4 is 14.8 Å². The van der Waals surface area contributed by atoms with Gasteiger partial charge in [-0.05, 0) is 43.3 Å². The van der Waals surface area contributed by atoms with Gasteiger partial charge in [0.25, 0.3) is 5.91 Å². The molecule has 1 amide bonds. The molecule has 0 aliphatic carbocycles. The molecular formula is C18H18N2O3. The Hall–Kier alpha value is -2.95. The Balaban J connectivity index is 1.86. The summed E-state index contributed by atoms with van der Waals surface area (Å²) in [5.74, 6) is 1.25. The molecule has 0 atom stereocenters. The molecule has 2 N–H and O–H groups in total. The van der Waals surface area contributed by atoms with Gasteiger partial charge in [0.1, 0.15) is 11.5 Å². The molecule has 0 aliphatic rings. The molecule has 0 aliphatic heterocycles. The van der Waals surface area contributed by atoms with Gasteiger partial charge < -0.3 is 19.8 Å². The van der Waals surface area contributed by atoms with Crippen LogP contribution in [-0.2, 0) is 0 Å². The van der Waals surface area contributed by atoms with Crippen molar-refractivity contribution in [2.75, 3.05) is 19.0 Å². The van der Waals surface area contributed by atoms with Crippen LogP contribution in [0.25, 0.3) is 10.9 Å². The molecule has 0 bridgehead atoms. The summed E-state index contributed by atoms with van der Waals surface area (Å²) in [4.78, 5) is 15.6. The number of H-pyrrole nitrogens is 1. The number of anilines is 1. The highest BCUT2D eigenvalue weighted by molar-refractivity contribution is 6.14. The number of hydrogen-bond acceptors (Lipinski definition) is 3. The predicted octanol–water partition coefficient (Wildman–Crippen LogP) is 3.83. The lowest BCUT2D eigenvalue weighted by Gasteiger charge is -2.08. The highest BCUT2D eigenvalue weighted by Gasteiger charge is 2.15. The molecule has 0 spiro atoms. The summed E-state index contributed by atoms with van der Waals surface area (Å²) in [6.45, 7) is 2.54. The first-order valence-corrected chi connectivity index (χ1v) is 7.41. The number of aromatic nitrogens is 1. The quantitative estimate of drug-likeness (QED) is 0.753. The van der Waals surface area contributed by atoms with E-state index in [0.29, 0.717) is 23.6 Å². The smallest absolute Gasteiger partial charge is 0.257 e. The molecule has 0 saturated carbocycles. The van der Waals surface area contributed by atoms with Gasteiger partial charge in [-0.25, -0.2) is 0 Å². The summed E-state index contributed by atoms with van der Waals surface area (Å²) < 4.78 is 10.7. The summed E-state index contributed by atoms with van der Waals surface area (Å²) >= 11 is 0. The minimum atomic E-state index is -0.190. The van der Waals surface area contributed by atoms with Crippen molar-refractivity contribution < 1.29 is 14.3 Å². The fourth-order valence-electron chi connectivity index (χ4n) is 2.50. The molecule has 1 heterocycles. The van der Waals surface area contributed by atoms with Gasteiger partial charge in [-0.15, -0.1) is 0 Å². The zero-order chi connectivity index (χ0) is 16.2. The standard InChI is InChI=1S/C18H18N2O3/c1-3-23-13-9-7-12(8-10-13)20-18(21)14-11-19-15-5-4-6-16(22-2)17(14)15/h4-11,19H,3H2,1-2H3,(H,20,21). The van der Waals surface area contributed by atoms with Gasteiger partial charge >= 0.3 is 0 Å². The Morgan fingerprint density at radius 1 is 1.17 bits per heavy atom. The number of carbonyl (C=O) groups excluding carboxylic acids is 1. The van der Waals surface area contributed by atoms with Crippen LogP contribution in [0.3, 0.4) is 0 Å². The van der Waals surface area contributed by atoms with Crippen LogP contribution in [0.15, 0.2) is 48.7 Å². The van der Waals surface area contributed by atoms with Crippen molar-refractivity contribution in [2.45, 2.75) is 6.92 Å². The van der Waals surface area contributed by atoms with Crippen molar-refractivity contribution in [2.24, 2.45) is 0 Å². The highest BCUT2D eigenvalue weighted by Crippen LogP contribution is 2.29. The number of rotatable bonds is 5. The average molecular weight is 310 g/mol. The first-order chi connectivity index (χ1) is 11.2. The third kappa shape index (κ3) is 2.99. The first kappa shape index (κ1) is 15.0. The molecular weight excluding hydrogens is 292 g/mol. The van der Waals surface area contributed by atoms with Gasteiger partial charge in [-0.2, -0.15) is 0 Å². The van der Waals surface area contributed by atoms with E-state index < -0.39 is 0 Å². The first-order valence-electron chi connectivity index (χ1n) is 7.41. The van der Waals surface area contributed by atoms with E-state index in [2.05, 4.69) is 10.3 Å². The van der Waals surface area contributed by atoms with Crippen LogP contribution in [-0.4, -0.2) is 24.6 Å². The molecule has 5 nitrogen and oxygen atoms in total. The molecule has 2 aromatic carbocycles. The van der Waals surface area contributed by atoms with Crippen LogP contribution in [0, 0.1) is 0 Å². The summed E-state index contributed by atoms with van der Waals surface area (Å²) in [6, 6.07) is 12.9. The van der Waals surface area contributed by atoms with Crippen LogP contribution in [0.1, 0.15) is 17.3 Å². The SMILES string of the molecule is CCOc1ccc(NC(=O)c2c[nH]c3cccc(OC)c23)cc1. The van der Waals surface area contributed by atoms with Crippen LogP contribution in [0.4, 0.5) is 5.69 Å². The van der Waals surface area contributed by atoms with E-state index in [-0.39, 0.29) is 5.91 Å². The Kier molecular flexibility index (Phi) is 4.19. The molecule has 0 unspecified atom stereocenters. The van der Waals surface area contributed by atoms with Crippen LogP contribution in [0.2, 0.25) is 0 Å². The molecule has 1 aromatic heterocycles. The van der Waals surface area contributed by atoms with Crippen LogP contribution in [0.5, 0.6) is 11.5 Å². The number of benzene rings is 2. The van der Waals surface area contributed by atoms with Crippen LogP contribution >= 0.6 is 0 Å². The maximum Gasteiger partial charge on any atom is 0.257 e. The van der Waals surface area contributed by atoms with Crippen molar-refractivity contribution in [1.29, 1.82) is 0 Å². The number of aromatic amines is 1. The second-order valence-corrected chi connectivity index (χ2v) is 5.00. The molecule has 0 fully saturated rings. The normalized spacial score (nSPS) is 10.5. The molecule has 3 rings (SSSR count). The topological polar surface area (TPSA) is 63.3 Å². The van der Waals surface area contributed by atoms with Gasteiger partial charge in [0, 0.05) is 17.4 Å². The fraction of sp³-hybridized carbons (Fsp3) is 0.167. The van der Waals surface area contributed by atoms with Gasteiger partial charge in [-0.3, -0.25) is 4.79 Å². The van der Waals surface area contributed by atoms with Crippen molar-refractivity contribution in [3.05, 3.63) is 54.2 Å². The third-order valence-electron chi connectivity index (χ3n) is 3.56. The molecule has 5 heteroatoms. The molecule has 0 radical (unpaired) electrons. The lowest BCUT2D eigenvalue weighted by atomic mass is 10.1. The van der Waals surface area contributed by atoms with Crippen molar-refractivity contribution in [1.82, 2.24) is 4.98 Å². The summed E-state index contributed by atoms with van der Waals surface area (Å²) in [7, 11) is 1.59. The molecule has 118 valence electrons. The maximum absolute atomic E-state index is 12.6. The number of amides is 1. The van der Waals surface area contributed by atoms with E-state index in [9.17, 15) is 4.79 Å². The molecule has 23 heavy (non-hydrogen) atoms. The van der Waals surface area contributed by atoms with Crippen molar-refractivity contribution >= 4 is 22.5 Å². The number of fused-ring (bicyclic) bond motifs is 1. The highest BCUT2D eigenvalue weighted by atomic mass is 16.5. The van der Waals surface area contributed by atoms with E-state index in [1.54, 1.807) is 13.3 Å². The number of hydrogen-bond donors (Lipinski definition) is 2. The molecule has 3 aromatic rings. The average Bonchev–Trinajstić information content (AvgIpc) is 3.01. The number of methoxy groups -OCH3 is 1. The second-order valence-electron chi connectivity index (χ2n) is 5.00. The molecule has 0 saturated heterocycles. The minimum Gasteiger partial charge on any atom is -0.496 e. The summed E-state index contributed by atoms with van der Waals surface area (Å²) in [5.41, 5.74) is 2.12. The fourth-order valence-corrected chi connectivity index (χ4v) is 2.50. The Morgan fingerprint density at radius 2 is 1.96 bits per heavy atom. The zero-order valence-corrected chi connectivity index (χ0v) is 13.1. The van der Waals surface area contributed by atoms with E-state index in [1.165, 1.54) is 0 Å². The van der Waals surface area contributed by atoms with Crippen molar-refractivity contribution in [3.8, 4) is 11.5 Å². The lowest BCUT2D eigenvalue weighted by molar-refractivity contribution is 0.102. The van der Waals surface area contributed by atoms with Gasteiger partial charge in [0.15, 0.2) is 0 Å². The largest absolute Gasteiger partial charge is 0.496 e. The van der Waals surface area contributed by atoms with E-state index in [4.69, 9.17) is 9.47 Å². The van der Waals surface area contributed by atoms with Gasteiger partial charge in [0.05, 0.1) is 24.7 Å². The Bertz CT molecular complexity index is 822. The predicted molar refractivity (Wildman–Crippen MR) is 90.4 cm³/mol. The Labute approximate surface area is 134 Å². The number of ether oxygens (including phenoxy) is 2. The summed E-state index contributed by atoms with van der Waals surface area (Å²) in [6.07, 6.45) is 1.69. The Morgan fingerprint density at radius 3 is 2.65 bits per heavy atom. The monoisotopic (exact) mass is 310 g/mol. The van der Waals surface area contributed by atoms with Gasteiger partial charge in [-0.1, -0.05) is 6.07 Å². The van der Waals surface area contributed by atoms with E-state index in [0.717, 1.165) is 16.7 Å². The zero-order valence-electron chi connectivity index (χ0n) is 13.1. The lowest BCUT2D eigenvalue weighted by Crippen LogP contribution is -2.11. The minimum absolute atomic E-state index is 0.190. The third-order valence-corrected chi connectivity index (χ3v) is 3.56. The summed E-state index contributed by atoms with van der Waals surface area (Å²) in [5, 5.41) is 3.66. The van der Waals surface area contributed by atoms with E-state index in [1.807, 2.05) is 49.4 Å².